The van der Waals surface area contributed by atoms with Crippen molar-refractivity contribution in [1.82, 2.24) is 10.2 Å². The van der Waals surface area contributed by atoms with Gasteiger partial charge in [0.15, 0.2) is 0 Å². The highest BCUT2D eigenvalue weighted by Gasteiger charge is 2.34. The van der Waals surface area contributed by atoms with Crippen LogP contribution in [0, 0.1) is 5.92 Å². The topological polar surface area (TPSA) is 49.4 Å². The summed E-state index contributed by atoms with van der Waals surface area (Å²) in [5, 5.41) is 2.98. The zero-order valence-corrected chi connectivity index (χ0v) is 12.8. The summed E-state index contributed by atoms with van der Waals surface area (Å²) in [7, 11) is 0. The average Bonchev–Trinajstić information content (AvgIpc) is 2.86. The molecule has 4 heteroatoms. The number of carbonyl (C=O) groups excluding carboxylic acids is 2. The maximum Gasteiger partial charge on any atom is 0.243 e. The highest BCUT2D eigenvalue weighted by molar-refractivity contribution is 5.88. The van der Waals surface area contributed by atoms with Crippen molar-refractivity contribution in [3.05, 3.63) is 35.9 Å². The van der Waals surface area contributed by atoms with Crippen LogP contribution in [0.2, 0.25) is 0 Å². The van der Waals surface area contributed by atoms with Crippen molar-refractivity contribution in [1.29, 1.82) is 0 Å². The Kier molecular flexibility index (Phi) is 5.37. The third-order valence-electron chi connectivity index (χ3n) is 3.90. The summed E-state index contributed by atoms with van der Waals surface area (Å²) in [5.41, 5.74) is 1.20. The van der Waals surface area contributed by atoms with Crippen LogP contribution in [-0.4, -0.2) is 35.8 Å². The average molecular weight is 288 g/mol. The predicted octanol–water partition coefficient (Wildman–Crippen LogP) is 1.99. The molecule has 1 aromatic rings. The van der Waals surface area contributed by atoms with Crippen LogP contribution in [0.3, 0.4) is 0 Å². The van der Waals surface area contributed by atoms with Gasteiger partial charge in [-0.2, -0.15) is 0 Å². The first kappa shape index (κ1) is 15.5. The van der Waals surface area contributed by atoms with E-state index in [-0.39, 0.29) is 23.8 Å². The Morgan fingerprint density at radius 3 is 2.57 bits per heavy atom. The molecule has 0 radical (unpaired) electrons. The molecule has 114 valence electrons. The second-order valence-electron chi connectivity index (χ2n) is 5.91. The Bertz CT molecular complexity index is 485. The number of rotatable bonds is 6. The molecule has 1 saturated heterocycles. The highest BCUT2D eigenvalue weighted by atomic mass is 16.2. The number of nitrogens with zero attached hydrogens (tertiary/aromatic N) is 1. The third-order valence-corrected chi connectivity index (χ3v) is 3.90. The molecule has 1 fully saturated rings. The Hall–Kier alpha value is -1.84. The standard InChI is InChI=1S/C17H24N2O2/c1-13(2)16(19-12-6-9-15(19)20)17(21)18-11-10-14-7-4-3-5-8-14/h3-5,7-8,13,16H,6,9-12H2,1-2H3,(H,18,21)/t16-/m0/s1. The van der Waals surface area contributed by atoms with Gasteiger partial charge in [0.25, 0.3) is 0 Å². The number of amides is 2. The van der Waals surface area contributed by atoms with Gasteiger partial charge in [-0.3, -0.25) is 9.59 Å². The van der Waals surface area contributed by atoms with Crippen LogP contribution in [0.4, 0.5) is 0 Å². The molecule has 1 atom stereocenters. The van der Waals surface area contributed by atoms with Gasteiger partial charge in [-0.25, -0.2) is 0 Å². The van der Waals surface area contributed by atoms with Gasteiger partial charge in [-0.15, -0.1) is 0 Å². The molecule has 0 bridgehead atoms. The fourth-order valence-electron chi connectivity index (χ4n) is 2.85. The lowest BCUT2D eigenvalue weighted by Crippen LogP contribution is -2.50. The summed E-state index contributed by atoms with van der Waals surface area (Å²) in [4.78, 5) is 26.0. The van der Waals surface area contributed by atoms with E-state index >= 15 is 0 Å². The van der Waals surface area contributed by atoms with Crippen molar-refractivity contribution in [3.8, 4) is 0 Å². The van der Waals surface area contributed by atoms with Crippen LogP contribution in [0.15, 0.2) is 30.3 Å². The number of nitrogens with one attached hydrogen (secondary N) is 1. The SMILES string of the molecule is CC(C)[C@@H](C(=O)NCCc1ccccc1)N1CCCC1=O. The monoisotopic (exact) mass is 288 g/mol. The summed E-state index contributed by atoms with van der Waals surface area (Å²) >= 11 is 0. The fourth-order valence-corrected chi connectivity index (χ4v) is 2.85. The van der Waals surface area contributed by atoms with Gasteiger partial charge in [-0.1, -0.05) is 44.2 Å². The Morgan fingerprint density at radius 1 is 1.29 bits per heavy atom. The molecule has 4 nitrogen and oxygen atoms in total. The maximum atomic E-state index is 12.4. The quantitative estimate of drug-likeness (QED) is 0.870. The van der Waals surface area contributed by atoms with E-state index in [1.54, 1.807) is 4.90 Å². The summed E-state index contributed by atoms with van der Waals surface area (Å²) in [6.45, 7) is 5.29. The lowest BCUT2D eigenvalue weighted by Gasteiger charge is -2.29. The van der Waals surface area contributed by atoms with Crippen molar-refractivity contribution in [2.24, 2.45) is 5.92 Å². The maximum absolute atomic E-state index is 12.4. The Labute approximate surface area is 126 Å². The van der Waals surface area contributed by atoms with Crippen LogP contribution in [0.5, 0.6) is 0 Å². The lowest BCUT2D eigenvalue weighted by atomic mass is 10.0. The van der Waals surface area contributed by atoms with E-state index in [1.165, 1.54) is 5.56 Å². The number of likely N-dealkylation sites (tertiary alicyclic amines) is 1. The van der Waals surface area contributed by atoms with Gasteiger partial charge in [0, 0.05) is 19.5 Å². The number of benzene rings is 1. The molecule has 1 aliphatic heterocycles. The molecular weight excluding hydrogens is 264 g/mol. The number of carbonyl (C=O) groups is 2. The van der Waals surface area contributed by atoms with Crippen molar-refractivity contribution in [2.45, 2.75) is 39.2 Å². The molecule has 0 unspecified atom stereocenters. The Morgan fingerprint density at radius 2 is 2.00 bits per heavy atom. The van der Waals surface area contributed by atoms with Gasteiger partial charge < -0.3 is 10.2 Å². The van der Waals surface area contributed by atoms with Crippen LogP contribution in [0.25, 0.3) is 0 Å². The lowest BCUT2D eigenvalue weighted by molar-refractivity contribution is -0.139. The molecule has 2 rings (SSSR count). The van der Waals surface area contributed by atoms with Gasteiger partial charge in [0.2, 0.25) is 11.8 Å². The molecule has 2 amide bonds. The zero-order valence-electron chi connectivity index (χ0n) is 12.8. The van der Waals surface area contributed by atoms with E-state index in [9.17, 15) is 9.59 Å². The van der Waals surface area contributed by atoms with Crippen molar-refractivity contribution in [2.75, 3.05) is 13.1 Å². The molecule has 21 heavy (non-hydrogen) atoms. The van der Waals surface area contributed by atoms with Crippen LogP contribution in [-0.2, 0) is 16.0 Å². The Balaban J connectivity index is 1.89. The predicted molar refractivity (Wildman–Crippen MR) is 82.7 cm³/mol. The summed E-state index contributed by atoms with van der Waals surface area (Å²) in [6, 6.07) is 9.74. The summed E-state index contributed by atoms with van der Waals surface area (Å²) < 4.78 is 0. The fraction of sp³-hybridized carbons (Fsp3) is 0.529. The van der Waals surface area contributed by atoms with Gasteiger partial charge in [0.1, 0.15) is 6.04 Å². The molecule has 0 spiro atoms. The normalized spacial score (nSPS) is 16.3. The minimum atomic E-state index is -0.337. The minimum absolute atomic E-state index is 0.0313. The van der Waals surface area contributed by atoms with Crippen molar-refractivity contribution >= 4 is 11.8 Å². The van der Waals surface area contributed by atoms with Crippen LogP contribution < -0.4 is 5.32 Å². The summed E-state index contributed by atoms with van der Waals surface area (Å²) in [6.07, 6.45) is 2.24. The molecule has 1 N–H and O–H groups in total. The first-order chi connectivity index (χ1) is 10.1. The second-order valence-corrected chi connectivity index (χ2v) is 5.91. The van der Waals surface area contributed by atoms with Gasteiger partial charge >= 0.3 is 0 Å². The summed E-state index contributed by atoms with van der Waals surface area (Å²) in [5.74, 6) is 0.201. The van der Waals surface area contributed by atoms with E-state index in [0.29, 0.717) is 19.5 Å². The van der Waals surface area contributed by atoms with Gasteiger partial charge in [-0.05, 0) is 24.3 Å². The first-order valence-electron chi connectivity index (χ1n) is 7.70. The molecular formula is C17H24N2O2. The van der Waals surface area contributed by atoms with Crippen LogP contribution in [0.1, 0.15) is 32.3 Å². The van der Waals surface area contributed by atoms with Gasteiger partial charge in [0.05, 0.1) is 0 Å². The van der Waals surface area contributed by atoms with E-state index in [0.717, 1.165) is 12.8 Å². The number of hydrogen-bond donors (Lipinski definition) is 1. The van der Waals surface area contributed by atoms with E-state index < -0.39 is 0 Å². The van der Waals surface area contributed by atoms with E-state index in [2.05, 4.69) is 17.4 Å². The van der Waals surface area contributed by atoms with E-state index in [1.807, 2.05) is 32.0 Å². The molecule has 1 aromatic carbocycles. The first-order valence-corrected chi connectivity index (χ1v) is 7.70. The van der Waals surface area contributed by atoms with Crippen molar-refractivity contribution in [3.63, 3.8) is 0 Å². The van der Waals surface area contributed by atoms with E-state index in [4.69, 9.17) is 0 Å². The second kappa shape index (κ2) is 7.25. The third kappa shape index (κ3) is 4.06. The molecule has 1 heterocycles. The zero-order chi connectivity index (χ0) is 15.2. The smallest absolute Gasteiger partial charge is 0.243 e. The highest BCUT2D eigenvalue weighted by Crippen LogP contribution is 2.19. The number of hydrogen-bond acceptors (Lipinski definition) is 2. The molecule has 1 aliphatic rings. The minimum Gasteiger partial charge on any atom is -0.354 e. The largest absolute Gasteiger partial charge is 0.354 e. The molecule has 0 aromatic heterocycles. The molecule has 0 saturated carbocycles. The van der Waals surface area contributed by atoms with Crippen molar-refractivity contribution < 1.29 is 9.59 Å². The molecule has 0 aliphatic carbocycles. The van der Waals surface area contributed by atoms with Crippen LogP contribution >= 0.6 is 0 Å².